The molecule has 0 radical (unpaired) electrons. The molecule has 0 saturated carbocycles. The molecule has 3 aromatic heterocycles. The summed E-state index contributed by atoms with van der Waals surface area (Å²) in [5.41, 5.74) is 4.44. The van der Waals surface area contributed by atoms with Crippen LogP contribution in [0.2, 0.25) is 0 Å². The Morgan fingerprint density at radius 2 is 1.93 bits per heavy atom. The number of hydrogen-bond donors (Lipinski definition) is 2. The van der Waals surface area contributed by atoms with Crippen LogP contribution in [0, 0.1) is 0 Å². The molecule has 2 saturated heterocycles. The van der Waals surface area contributed by atoms with Gasteiger partial charge in [0.15, 0.2) is 0 Å². The molecule has 2 N–H and O–H groups in total. The van der Waals surface area contributed by atoms with E-state index in [-0.39, 0.29) is 0 Å². The molecule has 2 fully saturated rings. The SMILES string of the molecule is CN1CCC(c2cc3c(-c4cccc(NCCN5CCCC5)n4)ccnc3[nH]2)CC1. The Labute approximate surface area is 178 Å². The van der Waals surface area contributed by atoms with Crippen molar-refractivity contribution in [3.63, 3.8) is 0 Å². The van der Waals surface area contributed by atoms with Gasteiger partial charge in [-0.15, -0.1) is 0 Å². The molecule has 2 aliphatic rings. The highest BCUT2D eigenvalue weighted by Gasteiger charge is 2.21. The minimum absolute atomic E-state index is 0.592. The van der Waals surface area contributed by atoms with Gasteiger partial charge < -0.3 is 20.1 Å². The van der Waals surface area contributed by atoms with E-state index in [4.69, 9.17) is 4.98 Å². The number of aromatic nitrogens is 3. The maximum atomic E-state index is 4.91. The average molecular weight is 405 g/mol. The minimum atomic E-state index is 0.592. The van der Waals surface area contributed by atoms with Crippen LogP contribution in [-0.2, 0) is 0 Å². The van der Waals surface area contributed by atoms with E-state index in [0.29, 0.717) is 5.92 Å². The van der Waals surface area contributed by atoms with E-state index in [1.165, 1.54) is 49.9 Å². The summed E-state index contributed by atoms with van der Waals surface area (Å²) in [5.74, 6) is 1.54. The van der Waals surface area contributed by atoms with Crippen molar-refractivity contribution in [3.05, 3.63) is 42.2 Å². The number of H-pyrrole nitrogens is 1. The molecule has 0 unspecified atom stereocenters. The molecule has 0 amide bonds. The third kappa shape index (κ3) is 4.20. The molecule has 0 atom stereocenters. The van der Waals surface area contributed by atoms with Gasteiger partial charge in [0.2, 0.25) is 0 Å². The summed E-state index contributed by atoms with van der Waals surface area (Å²) in [6, 6.07) is 10.7. The van der Waals surface area contributed by atoms with Gasteiger partial charge in [0, 0.05) is 41.8 Å². The summed E-state index contributed by atoms with van der Waals surface area (Å²) in [4.78, 5) is 18.0. The van der Waals surface area contributed by atoms with Crippen molar-refractivity contribution in [2.75, 3.05) is 51.6 Å². The van der Waals surface area contributed by atoms with Crippen LogP contribution in [0.15, 0.2) is 36.5 Å². The van der Waals surface area contributed by atoms with Crippen molar-refractivity contribution in [3.8, 4) is 11.3 Å². The fourth-order valence-corrected chi connectivity index (χ4v) is 4.84. The largest absolute Gasteiger partial charge is 0.369 e. The van der Waals surface area contributed by atoms with E-state index in [9.17, 15) is 0 Å². The molecule has 6 nitrogen and oxygen atoms in total. The second kappa shape index (κ2) is 8.74. The van der Waals surface area contributed by atoms with Crippen molar-refractivity contribution in [2.45, 2.75) is 31.6 Å². The first-order chi connectivity index (χ1) is 14.8. The predicted molar refractivity (Wildman–Crippen MR) is 123 cm³/mol. The molecule has 0 spiro atoms. The van der Waals surface area contributed by atoms with E-state index in [1.54, 1.807) is 0 Å². The molecule has 3 aromatic rings. The lowest BCUT2D eigenvalue weighted by Gasteiger charge is -2.28. The first kappa shape index (κ1) is 19.5. The number of nitrogens with one attached hydrogen (secondary N) is 2. The average Bonchev–Trinajstić information content (AvgIpc) is 3.44. The smallest absolute Gasteiger partial charge is 0.138 e. The maximum absolute atomic E-state index is 4.91. The quantitative estimate of drug-likeness (QED) is 0.652. The number of hydrogen-bond acceptors (Lipinski definition) is 5. The first-order valence-electron chi connectivity index (χ1n) is 11.4. The molecule has 2 aliphatic heterocycles. The topological polar surface area (TPSA) is 60.1 Å². The van der Waals surface area contributed by atoms with Gasteiger partial charge in [0.05, 0.1) is 5.69 Å². The highest BCUT2D eigenvalue weighted by Crippen LogP contribution is 2.33. The number of anilines is 1. The zero-order chi connectivity index (χ0) is 20.3. The second-order valence-corrected chi connectivity index (χ2v) is 8.81. The third-order valence-electron chi connectivity index (χ3n) is 6.67. The molecule has 0 aromatic carbocycles. The van der Waals surface area contributed by atoms with E-state index in [2.05, 4.69) is 62.5 Å². The van der Waals surface area contributed by atoms with Crippen LogP contribution in [-0.4, -0.2) is 71.1 Å². The van der Waals surface area contributed by atoms with Crippen LogP contribution >= 0.6 is 0 Å². The lowest BCUT2D eigenvalue weighted by atomic mass is 9.93. The lowest BCUT2D eigenvalue weighted by molar-refractivity contribution is 0.254. The van der Waals surface area contributed by atoms with Crippen molar-refractivity contribution in [1.82, 2.24) is 24.8 Å². The molecular weight excluding hydrogens is 372 g/mol. The van der Waals surface area contributed by atoms with Gasteiger partial charge in [-0.2, -0.15) is 0 Å². The van der Waals surface area contributed by atoms with E-state index in [0.717, 1.165) is 48.9 Å². The highest BCUT2D eigenvalue weighted by molar-refractivity contribution is 5.92. The Morgan fingerprint density at radius 1 is 1.10 bits per heavy atom. The molecule has 0 aliphatic carbocycles. The Balaban J connectivity index is 1.35. The second-order valence-electron chi connectivity index (χ2n) is 8.81. The van der Waals surface area contributed by atoms with Gasteiger partial charge in [-0.1, -0.05) is 6.07 Å². The van der Waals surface area contributed by atoms with Crippen LogP contribution < -0.4 is 5.32 Å². The Hall–Kier alpha value is -2.44. The molecule has 0 bridgehead atoms. The van der Waals surface area contributed by atoms with Crippen LogP contribution in [0.5, 0.6) is 0 Å². The zero-order valence-electron chi connectivity index (χ0n) is 17.9. The van der Waals surface area contributed by atoms with Gasteiger partial charge >= 0.3 is 0 Å². The van der Waals surface area contributed by atoms with Crippen LogP contribution in [0.3, 0.4) is 0 Å². The van der Waals surface area contributed by atoms with E-state index in [1.807, 2.05) is 6.20 Å². The third-order valence-corrected chi connectivity index (χ3v) is 6.67. The number of pyridine rings is 2. The molecule has 6 heteroatoms. The van der Waals surface area contributed by atoms with Gasteiger partial charge in [0.25, 0.3) is 0 Å². The summed E-state index contributed by atoms with van der Waals surface area (Å²) < 4.78 is 0. The fourth-order valence-electron chi connectivity index (χ4n) is 4.84. The lowest BCUT2D eigenvalue weighted by Crippen LogP contribution is -2.29. The number of rotatable bonds is 6. The highest BCUT2D eigenvalue weighted by atomic mass is 15.2. The Bertz CT molecular complexity index is 982. The van der Waals surface area contributed by atoms with Gasteiger partial charge in [-0.25, -0.2) is 9.97 Å². The van der Waals surface area contributed by atoms with Crippen LogP contribution in [0.1, 0.15) is 37.3 Å². The Kier molecular flexibility index (Phi) is 5.69. The number of nitrogens with zero attached hydrogens (tertiary/aromatic N) is 4. The van der Waals surface area contributed by atoms with Crippen LogP contribution in [0.25, 0.3) is 22.3 Å². The monoisotopic (exact) mass is 404 g/mol. The molecule has 158 valence electrons. The number of piperidine rings is 1. The van der Waals surface area contributed by atoms with E-state index >= 15 is 0 Å². The van der Waals surface area contributed by atoms with Crippen molar-refractivity contribution < 1.29 is 0 Å². The summed E-state index contributed by atoms with van der Waals surface area (Å²) in [6.07, 6.45) is 6.96. The number of fused-ring (bicyclic) bond motifs is 1. The normalized spacial score (nSPS) is 19.0. The summed E-state index contributed by atoms with van der Waals surface area (Å²) >= 11 is 0. The number of likely N-dealkylation sites (tertiary alicyclic amines) is 2. The maximum Gasteiger partial charge on any atom is 0.138 e. The summed E-state index contributed by atoms with van der Waals surface area (Å²) in [5, 5.41) is 4.68. The van der Waals surface area contributed by atoms with Gasteiger partial charge in [0.1, 0.15) is 11.5 Å². The molecule has 5 heterocycles. The fraction of sp³-hybridized carbons (Fsp3) is 0.500. The molecular formula is C24H32N6. The van der Waals surface area contributed by atoms with Crippen LogP contribution in [0.4, 0.5) is 5.82 Å². The van der Waals surface area contributed by atoms with Crippen molar-refractivity contribution in [2.24, 2.45) is 0 Å². The molecule has 30 heavy (non-hydrogen) atoms. The number of aromatic amines is 1. The molecule has 5 rings (SSSR count). The minimum Gasteiger partial charge on any atom is -0.369 e. The zero-order valence-corrected chi connectivity index (χ0v) is 17.9. The Morgan fingerprint density at radius 3 is 2.77 bits per heavy atom. The van der Waals surface area contributed by atoms with Gasteiger partial charge in [-0.05, 0) is 83.2 Å². The summed E-state index contributed by atoms with van der Waals surface area (Å²) in [6.45, 7) is 6.81. The van der Waals surface area contributed by atoms with Gasteiger partial charge in [-0.3, -0.25) is 0 Å². The van der Waals surface area contributed by atoms with Crippen molar-refractivity contribution in [1.29, 1.82) is 0 Å². The standard InChI is InChI=1S/C24H32N6/c1-29-14-8-18(9-15-29)22-17-20-19(7-10-26-24(20)28-22)21-5-4-6-23(27-21)25-11-16-30-12-2-3-13-30/h4-7,10,17-18H,2-3,8-9,11-16H2,1H3,(H,25,27)(H,26,28). The van der Waals surface area contributed by atoms with Crippen molar-refractivity contribution >= 4 is 16.9 Å². The predicted octanol–water partition coefficient (Wildman–Crippen LogP) is 3.94. The summed E-state index contributed by atoms with van der Waals surface area (Å²) in [7, 11) is 2.21. The first-order valence-corrected chi connectivity index (χ1v) is 11.4. The van der Waals surface area contributed by atoms with E-state index < -0.39 is 0 Å².